The summed E-state index contributed by atoms with van der Waals surface area (Å²) >= 11 is 0. The number of carbonyl (C=O) groups is 2. The standard InChI is InChI=1S/C11H8F6N2O2/c12-10(13,14)7(11(15,16)17)4-1-2-5(8(18)20)6(3-4)9(19)21/h1-3,7H,(H2,18,20)(H2,19,21). The minimum absolute atomic E-state index is 0.272. The van der Waals surface area contributed by atoms with E-state index in [1.54, 1.807) is 0 Å². The van der Waals surface area contributed by atoms with E-state index in [4.69, 9.17) is 11.5 Å². The summed E-state index contributed by atoms with van der Waals surface area (Å²) in [5.74, 6) is -6.37. The van der Waals surface area contributed by atoms with Gasteiger partial charge in [0.25, 0.3) is 0 Å². The van der Waals surface area contributed by atoms with Crippen molar-refractivity contribution in [2.75, 3.05) is 0 Å². The molecule has 0 saturated heterocycles. The molecule has 0 aliphatic heterocycles. The highest BCUT2D eigenvalue weighted by Gasteiger charge is 2.57. The van der Waals surface area contributed by atoms with Crippen LogP contribution in [0.1, 0.15) is 32.2 Å². The Morgan fingerprint density at radius 1 is 0.857 bits per heavy atom. The van der Waals surface area contributed by atoms with Crippen molar-refractivity contribution in [1.29, 1.82) is 0 Å². The molecule has 0 spiro atoms. The van der Waals surface area contributed by atoms with Crippen molar-refractivity contribution < 1.29 is 35.9 Å². The summed E-state index contributed by atoms with van der Waals surface area (Å²) in [4.78, 5) is 22.0. The smallest absolute Gasteiger partial charge is 0.366 e. The van der Waals surface area contributed by atoms with Crippen molar-refractivity contribution >= 4 is 11.8 Å². The Morgan fingerprint density at radius 2 is 1.29 bits per heavy atom. The lowest BCUT2D eigenvalue weighted by atomic mass is 9.93. The summed E-state index contributed by atoms with van der Waals surface area (Å²) in [5, 5.41) is 0. The third kappa shape index (κ3) is 3.64. The molecule has 4 N–H and O–H groups in total. The molecule has 0 aliphatic rings. The first-order valence-electron chi connectivity index (χ1n) is 5.22. The van der Waals surface area contributed by atoms with Gasteiger partial charge in [-0.25, -0.2) is 0 Å². The minimum Gasteiger partial charge on any atom is -0.366 e. The summed E-state index contributed by atoms with van der Waals surface area (Å²) in [6, 6.07) is 1.30. The van der Waals surface area contributed by atoms with E-state index in [1.807, 2.05) is 0 Å². The number of hydrogen-bond donors (Lipinski definition) is 2. The lowest BCUT2D eigenvalue weighted by Crippen LogP contribution is -2.34. The predicted molar refractivity (Wildman–Crippen MR) is 58.3 cm³/mol. The Hall–Kier alpha value is -2.26. The van der Waals surface area contributed by atoms with E-state index in [-0.39, 0.29) is 6.07 Å². The molecule has 0 fully saturated rings. The van der Waals surface area contributed by atoms with Crippen LogP contribution in [0.2, 0.25) is 0 Å². The SMILES string of the molecule is NC(=O)c1ccc(C(C(F)(F)F)C(F)(F)F)cc1C(N)=O. The van der Waals surface area contributed by atoms with Crippen LogP contribution in [0.15, 0.2) is 18.2 Å². The number of alkyl halides is 6. The summed E-state index contributed by atoms with van der Waals surface area (Å²) in [7, 11) is 0. The van der Waals surface area contributed by atoms with E-state index in [2.05, 4.69) is 0 Å². The van der Waals surface area contributed by atoms with Crippen LogP contribution in [0.25, 0.3) is 0 Å². The van der Waals surface area contributed by atoms with Crippen molar-refractivity contribution in [2.45, 2.75) is 18.3 Å². The lowest BCUT2D eigenvalue weighted by molar-refractivity contribution is -0.253. The van der Waals surface area contributed by atoms with Crippen molar-refractivity contribution in [1.82, 2.24) is 0 Å². The second-order valence-corrected chi connectivity index (χ2v) is 4.05. The van der Waals surface area contributed by atoms with Gasteiger partial charge in [0.15, 0.2) is 5.92 Å². The van der Waals surface area contributed by atoms with Crippen molar-refractivity contribution in [3.05, 3.63) is 34.9 Å². The normalized spacial score (nSPS) is 12.5. The van der Waals surface area contributed by atoms with Crippen LogP contribution in [0.3, 0.4) is 0 Å². The van der Waals surface area contributed by atoms with Crippen molar-refractivity contribution in [2.24, 2.45) is 11.5 Å². The van der Waals surface area contributed by atoms with Gasteiger partial charge < -0.3 is 11.5 Å². The molecular weight excluding hydrogens is 306 g/mol. The van der Waals surface area contributed by atoms with E-state index in [0.717, 1.165) is 0 Å². The van der Waals surface area contributed by atoms with Gasteiger partial charge in [0, 0.05) is 0 Å². The van der Waals surface area contributed by atoms with Gasteiger partial charge in [-0.3, -0.25) is 9.59 Å². The molecule has 0 atom stereocenters. The number of rotatable bonds is 3. The van der Waals surface area contributed by atoms with Crippen molar-refractivity contribution in [3.63, 3.8) is 0 Å². The fourth-order valence-electron chi connectivity index (χ4n) is 1.72. The fourth-order valence-corrected chi connectivity index (χ4v) is 1.72. The average Bonchev–Trinajstić information content (AvgIpc) is 2.24. The Bertz CT molecular complexity index is 565. The first-order chi connectivity index (χ1) is 9.35. The molecule has 1 aromatic rings. The highest BCUT2D eigenvalue weighted by molar-refractivity contribution is 6.06. The molecule has 0 unspecified atom stereocenters. The quantitative estimate of drug-likeness (QED) is 0.837. The maximum Gasteiger partial charge on any atom is 0.404 e. The van der Waals surface area contributed by atoms with E-state index < -0.39 is 46.8 Å². The number of primary amides is 2. The maximum atomic E-state index is 12.6. The molecule has 1 rings (SSSR count). The molecule has 0 aromatic heterocycles. The summed E-state index contributed by atoms with van der Waals surface area (Å²) in [5.41, 5.74) is 7.07. The molecule has 2 amide bonds. The van der Waals surface area contributed by atoms with Crippen LogP contribution in [0, 0.1) is 0 Å². The molecule has 0 aliphatic carbocycles. The fraction of sp³-hybridized carbons (Fsp3) is 0.273. The molecule has 21 heavy (non-hydrogen) atoms. The zero-order valence-electron chi connectivity index (χ0n) is 10.0. The number of benzene rings is 1. The Morgan fingerprint density at radius 3 is 1.62 bits per heavy atom. The highest BCUT2D eigenvalue weighted by Crippen LogP contribution is 2.46. The molecule has 116 valence electrons. The first-order valence-corrected chi connectivity index (χ1v) is 5.22. The molecule has 10 heteroatoms. The zero-order chi connectivity index (χ0) is 16.6. The average molecular weight is 314 g/mol. The highest BCUT2D eigenvalue weighted by atomic mass is 19.4. The molecule has 0 saturated carbocycles. The van der Waals surface area contributed by atoms with E-state index in [1.165, 1.54) is 0 Å². The lowest BCUT2D eigenvalue weighted by Gasteiger charge is -2.23. The summed E-state index contributed by atoms with van der Waals surface area (Å²) < 4.78 is 75.4. The van der Waals surface area contributed by atoms with Gasteiger partial charge in [-0.15, -0.1) is 0 Å². The second-order valence-electron chi connectivity index (χ2n) is 4.05. The second kappa shape index (κ2) is 5.26. The van der Waals surface area contributed by atoms with Gasteiger partial charge in [-0.2, -0.15) is 26.3 Å². The number of nitrogens with two attached hydrogens (primary N) is 2. The molecule has 1 aromatic carbocycles. The minimum atomic E-state index is -5.62. The molecule has 0 heterocycles. The summed E-state index contributed by atoms with van der Waals surface area (Å²) in [6.45, 7) is 0. The summed E-state index contributed by atoms with van der Waals surface area (Å²) in [6.07, 6.45) is -11.2. The topological polar surface area (TPSA) is 86.2 Å². The van der Waals surface area contributed by atoms with E-state index in [9.17, 15) is 35.9 Å². The largest absolute Gasteiger partial charge is 0.404 e. The zero-order valence-corrected chi connectivity index (χ0v) is 10.0. The number of carbonyl (C=O) groups excluding carboxylic acids is 2. The number of halogens is 6. The van der Waals surface area contributed by atoms with Crippen LogP contribution in [0.5, 0.6) is 0 Å². The van der Waals surface area contributed by atoms with E-state index >= 15 is 0 Å². The van der Waals surface area contributed by atoms with Crippen molar-refractivity contribution in [3.8, 4) is 0 Å². The van der Waals surface area contributed by atoms with Gasteiger partial charge in [0.2, 0.25) is 11.8 Å². The maximum absolute atomic E-state index is 12.6. The molecule has 0 bridgehead atoms. The third-order valence-electron chi connectivity index (χ3n) is 2.56. The first kappa shape index (κ1) is 16.8. The predicted octanol–water partition coefficient (Wildman–Crippen LogP) is 2.09. The molecular formula is C11H8F6N2O2. The molecule has 0 radical (unpaired) electrons. The van der Waals surface area contributed by atoms with Gasteiger partial charge in [-0.1, -0.05) is 6.07 Å². The van der Waals surface area contributed by atoms with Crippen LogP contribution >= 0.6 is 0 Å². The Labute approximate surface area is 113 Å². The van der Waals surface area contributed by atoms with Gasteiger partial charge in [0.05, 0.1) is 11.1 Å². The van der Waals surface area contributed by atoms with E-state index in [0.29, 0.717) is 12.1 Å². The van der Waals surface area contributed by atoms with Crippen LogP contribution in [-0.2, 0) is 0 Å². The monoisotopic (exact) mass is 314 g/mol. The van der Waals surface area contributed by atoms with Crippen LogP contribution in [0.4, 0.5) is 26.3 Å². The Kier molecular flexibility index (Phi) is 4.21. The van der Waals surface area contributed by atoms with Crippen LogP contribution < -0.4 is 11.5 Å². The van der Waals surface area contributed by atoms with Gasteiger partial charge in [-0.05, 0) is 17.7 Å². The van der Waals surface area contributed by atoms with Crippen LogP contribution in [-0.4, -0.2) is 24.2 Å². The number of hydrogen-bond acceptors (Lipinski definition) is 2. The Balaban J connectivity index is 3.52. The molecule has 4 nitrogen and oxygen atoms in total. The third-order valence-corrected chi connectivity index (χ3v) is 2.56. The van der Waals surface area contributed by atoms with Gasteiger partial charge >= 0.3 is 12.4 Å². The number of amides is 2. The van der Waals surface area contributed by atoms with Gasteiger partial charge in [0.1, 0.15) is 0 Å².